The highest BCUT2D eigenvalue weighted by Crippen LogP contribution is 2.31. The maximum atomic E-state index is 13.2. The van der Waals surface area contributed by atoms with Gasteiger partial charge in [0.15, 0.2) is 0 Å². The summed E-state index contributed by atoms with van der Waals surface area (Å²) in [6, 6.07) is 0. The van der Waals surface area contributed by atoms with Gasteiger partial charge in [-0.05, 0) is 62.2 Å². The molecule has 3 rings (SSSR count). The summed E-state index contributed by atoms with van der Waals surface area (Å²) >= 11 is 0. The average molecular weight is 446 g/mol. The van der Waals surface area contributed by atoms with Crippen molar-refractivity contribution in [2.45, 2.75) is 64.5 Å². The lowest BCUT2D eigenvalue weighted by Gasteiger charge is -2.29. The van der Waals surface area contributed by atoms with E-state index in [0.29, 0.717) is 13.2 Å². The predicted molar refractivity (Wildman–Crippen MR) is 114 cm³/mol. The van der Waals surface area contributed by atoms with Crippen LogP contribution in [0.25, 0.3) is 0 Å². The molecule has 2 saturated carbocycles. The smallest absolute Gasteiger partial charge is 0.336 e. The van der Waals surface area contributed by atoms with Crippen LogP contribution in [0.4, 0.5) is 0 Å². The van der Waals surface area contributed by atoms with E-state index in [-0.39, 0.29) is 36.8 Å². The summed E-state index contributed by atoms with van der Waals surface area (Å²) in [5, 5.41) is 17.3. The summed E-state index contributed by atoms with van der Waals surface area (Å²) in [5.41, 5.74) is -1.73. The van der Waals surface area contributed by atoms with Crippen molar-refractivity contribution in [3.63, 3.8) is 0 Å². The lowest BCUT2D eigenvalue weighted by Crippen LogP contribution is -2.55. The third-order valence-corrected chi connectivity index (χ3v) is 6.93. The number of rotatable bonds is 8. The fourth-order valence-corrected chi connectivity index (χ4v) is 5.33. The molecule has 0 bridgehead atoms. The topological polar surface area (TPSA) is 132 Å². The van der Waals surface area contributed by atoms with E-state index in [1.54, 1.807) is 12.5 Å². The van der Waals surface area contributed by atoms with Gasteiger partial charge in [0.1, 0.15) is 13.2 Å². The van der Waals surface area contributed by atoms with Gasteiger partial charge < -0.3 is 9.47 Å². The zero-order valence-electron chi connectivity index (χ0n) is 18.6. The fraction of sp³-hybridized carbons (Fsp3) is 0.773. The van der Waals surface area contributed by atoms with Crippen LogP contribution in [0.3, 0.4) is 0 Å². The van der Waals surface area contributed by atoms with E-state index < -0.39 is 17.1 Å². The summed E-state index contributed by atoms with van der Waals surface area (Å²) in [4.78, 5) is 38.7. The second-order valence-electron chi connectivity index (χ2n) is 9.23. The lowest BCUT2D eigenvalue weighted by molar-refractivity contribution is 0.140. The van der Waals surface area contributed by atoms with Gasteiger partial charge in [0, 0.05) is 20.1 Å². The highest BCUT2D eigenvalue weighted by atomic mass is 16.5. The SMILES string of the molecule is Cn1c(=O)n(CC2CCCC(COC#N)C2)c(=O)n(CC2CCCC(COC#N)C2)c1=O. The Labute approximate surface area is 186 Å². The highest BCUT2D eigenvalue weighted by Gasteiger charge is 2.27. The molecule has 10 heteroatoms. The summed E-state index contributed by atoms with van der Waals surface area (Å²) in [5.74, 6) is 0.700. The molecule has 4 unspecified atom stereocenters. The third kappa shape index (κ3) is 5.61. The Hall–Kier alpha value is -3.01. The Balaban J connectivity index is 1.78. The van der Waals surface area contributed by atoms with E-state index in [4.69, 9.17) is 20.0 Å². The summed E-state index contributed by atoms with van der Waals surface area (Å²) in [7, 11) is 1.41. The second kappa shape index (κ2) is 11.0. The first-order valence-corrected chi connectivity index (χ1v) is 11.4. The molecule has 1 heterocycles. The van der Waals surface area contributed by atoms with Crippen LogP contribution < -0.4 is 17.1 Å². The van der Waals surface area contributed by atoms with Gasteiger partial charge in [-0.1, -0.05) is 12.8 Å². The average Bonchev–Trinajstić information content (AvgIpc) is 2.81. The first-order valence-electron chi connectivity index (χ1n) is 11.4. The highest BCUT2D eigenvalue weighted by molar-refractivity contribution is 4.83. The van der Waals surface area contributed by atoms with Crippen LogP contribution in [0.5, 0.6) is 0 Å². The van der Waals surface area contributed by atoms with Crippen molar-refractivity contribution in [2.24, 2.45) is 30.7 Å². The van der Waals surface area contributed by atoms with Crippen LogP contribution in [0, 0.1) is 46.7 Å². The van der Waals surface area contributed by atoms with Gasteiger partial charge in [-0.25, -0.2) is 28.1 Å². The van der Waals surface area contributed by atoms with Gasteiger partial charge in [-0.15, -0.1) is 0 Å². The van der Waals surface area contributed by atoms with Crippen LogP contribution in [0.1, 0.15) is 51.4 Å². The predicted octanol–water partition coefficient (Wildman–Crippen LogP) is 1.32. The molecule has 0 aromatic carbocycles. The molecule has 1 aromatic heterocycles. The quantitative estimate of drug-likeness (QED) is 0.551. The molecule has 0 radical (unpaired) electrons. The molecule has 4 atom stereocenters. The Morgan fingerprint density at radius 1 is 0.750 bits per heavy atom. The minimum atomic E-state index is -0.587. The van der Waals surface area contributed by atoms with Crippen LogP contribution in [-0.4, -0.2) is 26.9 Å². The first kappa shape index (κ1) is 23.6. The minimum Gasteiger partial charge on any atom is -0.427 e. The van der Waals surface area contributed by atoms with E-state index in [9.17, 15) is 14.4 Å². The molecule has 2 aliphatic carbocycles. The summed E-state index contributed by atoms with van der Waals surface area (Å²) < 4.78 is 13.2. The molecular formula is C22H31N5O5. The van der Waals surface area contributed by atoms with E-state index >= 15 is 0 Å². The third-order valence-electron chi connectivity index (χ3n) is 6.93. The molecule has 2 fully saturated rings. The normalized spacial score (nSPS) is 25.5. The summed E-state index contributed by atoms with van der Waals surface area (Å²) in [6.07, 6.45) is 10.6. The van der Waals surface area contributed by atoms with Gasteiger partial charge in [-0.3, -0.25) is 0 Å². The first-order chi connectivity index (χ1) is 15.4. The van der Waals surface area contributed by atoms with E-state index in [0.717, 1.165) is 55.9 Å². The Morgan fingerprint density at radius 3 is 1.56 bits per heavy atom. The largest absolute Gasteiger partial charge is 0.427 e. The molecule has 174 valence electrons. The van der Waals surface area contributed by atoms with E-state index in [2.05, 4.69) is 0 Å². The fourth-order valence-electron chi connectivity index (χ4n) is 5.33. The van der Waals surface area contributed by atoms with Crippen molar-refractivity contribution in [3.05, 3.63) is 31.5 Å². The van der Waals surface area contributed by atoms with Crippen molar-refractivity contribution in [1.82, 2.24) is 13.7 Å². The second-order valence-corrected chi connectivity index (χ2v) is 9.23. The van der Waals surface area contributed by atoms with Gasteiger partial charge in [0.05, 0.1) is 0 Å². The molecular weight excluding hydrogens is 414 g/mol. The lowest BCUT2D eigenvalue weighted by atomic mass is 9.81. The van der Waals surface area contributed by atoms with Gasteiger partial charge in [-0.2, -0.15) is 10.5 Å². The zero-order valence-corrected chi connectivity index (χ0v) is 18.6. The number of nitriles is 2. The van der Waals surface area contributed by atoms with Crippen LogP contribution in [0.2, 0.25) is 0 Å². The van der Waals surface area contributed by atoms with E-state index in [1.807, 2.05) is 0 Å². The zero-order chi connectivity index (χ0) is 23.1. The van der Waals surface area contributed by atoms with Crippen molar-refractivity contribution in [1.29, 1.82) is 10.5 Å². The molecule has 32 heavy (non-hydrogen) atoms. The van der Waals surface area contributed by atoms with Gasteiger partial charge in [0.2, 0.25) is 0 Å². The Bertz CT molecular complexity index is 965. The molecule has 0 aliphatic heterocycles. The van der Waals surface area contributed by atoms with Gasteiger partial charge >= 0.3 is 17.1 Å². The number of hydrogen-bond acceptors (Lipinski definition) is 7. The Morgan fingerprint density at radius 2 is 1.16 bits per heavy atom. The van der Waals surface area contributed by atoms with Crippen molar-refractivity contribution in [3.8, 4) is 12.5 Å². The molecule has 0 saturated heterocycles. The Kier molecular flexibility index (Phi) is 8.15. The molecule has 0 N–H and O–H groups in total. The van der Waals surface area contributed by atoms with Crippen molar-refractivity contribution >= 4 is 0 Å². The minimum absolute atomic E-state index is 0.120. The van der Waals surface area contributed by atoms with Crippen LogP contribution in [0.15, 0.2) is 14.4 Å². The van der Waals surface area contributed by atoms with Crippen molar-refractivity contribution in [2.75, 3.05) is 13.2 Å². The van der Waals surface area contributed by atoms with Crippen LogP contribution >= 0.6 is 0 Å². The number of hydrogen-bond donors (Lipinski definition) is 0. The molecule has 0 amide bonds. The molecule has 10 nitrogen and oxygen atoms in total. The molecule has 0 spiro atoms. The number of nitrogens with zero attached hydrogens (tertiary/aromatic N) is 5. The van der Waals surface area contributed by atoms with Crippen molar-refractivity contribution < 1.29 is 9.47 Å². The maximum absolute atomic E-state index is 13.2. The van der Waals surface area contributed by atoms with Gasteiger partial charge in [0.25, 0.3) is 12.5 Å². The van der Waals surface area contributed by atoms with Crippen LogP contribution in [-0.2, 0) is 29.6 Å². The molecule has 1 aromatic rings. The summed E-state index contributed by atoms with van der Waals surface area (Å²) in [6.45, 7) is 1.24. The van der Waals surface area contributed by atoms with E-state index in [1.165, 1.54) is 16.2 Å². The number of ether oxygens (including phenoxy) is 2. The maximum Gasteiger partial charge on any atom is 0.336 e. The standard InChI is InChI=1S/C22H31N5O5/c1-25-20(28)26(10-16-4-2-6-18(8-16)12-31-14-23)22(30)27(21(25)29)11-17-5-3-7-19(9-17)13-32-15-24/h16-19H,2-13H2,1H3. The monoisotopic (exact) mass is 445 g/mol. The molecule has 2 aliphatic rings. The number of aromatic nitrogens is 3.